The van der Waals surface area contributed by atoms with E-state index in [4.69, 9.17) is 9.47 Å². The van der Waals surface area contributed by atoms with Crippen LogP contribution in [0.5, 0.6) is 0 Å². The fraction of sp³-hybridized carbons (Fsp3) is 0.870. The standard InChI is InChI=1S/C23H39F3O5/c1-4-30-22(29)16-8-6-5-7-12-20(18(2)27)13-11-15-21(31-19(3)28)14-9-10-17-23(24,25)26/h20-21H,4-17H2,1-3H3. The molecule has 0 amide bonds. The molecule has 0 aromatic rings. The number of ketones is 1. The van der Waals surface area contributed by atoms with E-state index in [1.807, 2.05) is 0 Å². The molecule has 31 heavy (non-hydrogen) atoms. The second kappa shape index (κ2) is 17.0. The number of hydrogen-bond acceptors (Lipinski definition) is 5. The number of carbonyl (C=O) groups excluding carboxylic acids is 3. The summed E-state index contributed by atoms with van der Waals surface area (Å²) in [7, 11) is 0. The lowest BCUT2D eigenvalue weighted by molar-refractivity contribution is -0.148. The molecule has 0 heterocycles. The monoisotopic (exact) mass is 452 g/mol. The molecule has 2 unspecified atom stereocenters. The average molecular weight is 453 g/mol. The summed E-state index contributed by atoms with van der Waals surface area (Å²) in [4.78, 5) is 34.5. The van der Waals surface area contributed by atoms with Crippen molar-refractivity contribution in [3.05, 3.63) is 0 Å². The molecule has 182 valence electrons. The number of Topliss-reactive ketones (excluding diaryl/α,β-unsaturated/α-hetero) is 1. The molecule has 0 rings (SSSR count). The van der Waals surface area contributed by atoms with Crippen molar-refractivity contribution in [3.8, 4) is 0 Å². The van der Waals surface area contributed by atoms with Crippen LogP contribution in [0.15, 0.2) is 0 Å². The van der Waals surface area contributed by atoms with Gasteiger partial charge >= 0.3 is 18.1 Å². The first-order chi connectivity index (χ1) is 14.5. The zero-order valence-corrected chi connectivity index (χ0v) is 19.2. The van der Waals surface area contributed by atoms with E-state index in [9.17, 15) is 27.6 Å². The van der Waals surface area contributed by atoms with Gasteiger partial charge in [-0.25, -0.2) is 0 Å². The Kier molecular flexibility index (Phi) is 16.1. The quantitative estimate of drug-likeness (QED) is 0.180. The van der Waals surface area contributed by atoms with Gasteiger partial charge in [0.1, 0.15) is 11.9 Å². The van der Waals surface area contributed by atoms with Crippen molar-refractivity contribution < 1.29 is 37.0 Å². The SMILES string of the molecule is CCOC(=O)CCCCCCC(CCCC(CCCCC(F)(F)F)OC(C)=O)C(C)=O. The van der Waals surface area contributed by atoms with Crippen LogP contribution < -0.4 is 0 Å². The first kappa shape index (κ1) is 29.4. The third kappa shape index (κ3) is 18.9. The number of carbonyl (C=O) groups is 3. The first-order valence-corrected chi connectivity index (χ1v) is 11.4. The molecule has 0 N–H and O–H groups in total. The van der Waals surface area contributed by atoms with Gasteiger partial charge in [-0.3, -0.25) is 14.4 Å². The summed E-state index contributed by atoms with van der Waals surface area (Å²) in [6, 6.07) is 0. The van der Waals surface area contributed by atoms with Crippen LogP contribution in [0.3, 0.4) is 0 Å². The lowest BCUT2D eigenvalue weighted by Gasteiger charge is -2.19. The van der Waals surface area contributed by atoms with Gasteiger partial charge in [0.15, 0.2) is 0 Å². The summed E-state index contributed by atoms with van der Waals surface area (Å²) in [5.41, 5.74) is 0. The minimum atomic E-state index is -4.16. The maximum atomic E-state index is 12.3. The van der Waals surface area contributed by atoms with Crippen molar-refractivity contribution in [3.63, 3.8) is 0 Å². The molecule has 0 aliphatic heterocycles. The summed E-state index contributed by atoms with van der Waals surface area (Å²) in [5, 5.41) is 0. The number of ether oxygens (including phenoxy) is 2. The molecule has 0 fully saturated rings. The third-order valence-corrected chi connectivity index (χ3v) is 5.21. The fourth-order valence-electron chi connectivity index (χ4n) is 3.58. The van der Waals surface area contributed by atoms with Crippen LogP contribution in [0.1, 0.15) is 104 Å². The lowest BCUT2D eigenvalue weighted by Crippen LogP contribution is -2.18. The molecule has 0 aliphatic rings. The minimum Gasteiger partial charge on any atom is -0.466 e. The van der Waals surface area contributed by atoms with Gasteiger partial charge in [-0.1, -0.05) is 19.3 Å². The Hall–Kier alpha value is -1.60. The number of rotatable bonds is 18. The van der Waals surface area contributed by atoms with Gasteiger partial charge < -0.3 is 9.47 Å². The van der Waals surface area contributed by atoms with E-state index in [1.54, 1.807) is 13.8 Å². The predicted octanol–water partition coefficient (Wildman–Crippen LogP) is 6.32. The number of alkyl halides is 3. The van der Waals surface area contributed by atoms with E-state index in [0.717, 1.165) is 32.1 Å². The van der Waals surface area contributed by atoms with Crippen LogP contribution in [-0.2, 0) is 23.9 Å². The fourth-order valence-corrected chi connectivity index (χ4v) is 3.58. The normalized spacial score (nSPS) is 13.5. The van der Waals surface area contributed by atoms with E-state index in [-0.39, 0.29) is 24.1 Å². The smallest absolute Gasteiger partial charge is 0.389 e. The molecule has 5 nitrogen and oxygen atoms in total. The van der Waals surface area contributed by atoms with Crippen LogP contribution in [-0.4, -0.2) is 36.6 Å². The van der Waals surface area contributed by atoms with Gasteiger partial charge in [0.05, 0.1) is 6.61 Å². The zero-order valence-electron chi connectivity index (χ0n) is 19.2. The van der Waals surface area contributed by atoms with Gasteiger partial charge in [0.25, 0.3) is 0 Å². The summed E-state index contributed by atoms with van der Waals surface area (Å²) in [6.07, 6.45) is 2.03. The molecule has 0 radical (unpaired) electrons. The van der Waals surface area contributed by atoms with Crippen LogP contribution >= 0.6 is 0 Å². The summed E-state index contributed by atoms with van der Waals surface area (Å²) in [6.45, 7) is 5.04. The molecule has 0 bridgehead atoms. The molecule has 0 saturated carbocycles. The Morgan fingerprint density at radius 1 is 0.806 bits per heavy atom. The molecular weight excluding hydrogens is 413 g/mol. The van der Waals surface area contributed by atoms with E-state index >= 15 is 0 Å². The Morgan fingerprint density at radius 2 is 1.39 bits per heavy atom. The van der Waals surface area contributed by atoms with Crippen LogP contribution in [0.2, 0.25) is 0 Å². The van der Waals surface area contributed by atoms with Crippen molar-refractivity contribution in [2.45, 2.75) is 117 Å². The number of unbranched alkanes of at least 4 members (excludes halogenated alkanes) is 4. The average Bonchev–Trinajstić information content (AvgIpc) is 2.64. The Bertz CT molecular complexity index is 520. The number of esters is 2. The maximum absolute atomic E-state index is 12.3. The van der Waals surface area contributed by atoms with E-state index < -0.39 is 24.7 Å². The lowest BCUT2D eigenvalue weighted by atomic mass is 9.91. The minimum absolute atomic E-state index is 0.0213. The van der Waals surface area contributed by atoms with E-state index in [0.29, 0.717) is 45.1 Å². The largest absolute Gasteiger partial charge is 0.466 e. The van der Waals surface area contributed by atoms with Gasteiger partial charge in [0, 0.05) is 25.7 Å². The highest BCUT2D eigenvalue weighted by atomic mass is 19.4. The molecule has 8 heteroatoms. The van der Waals surface area contributed by atoms with Crippen molar-refractivity contribution in [1.29, 1.82) is 0 Å². The number of hydrogen-bond donors (Lipinski definition) is 0. The molecule has 2 atom stereocenters. The highest BCUT2D eigenvalue weighted by molar-refractivity contribution is 5.78. The molecule has 0 aromatic carbocycles. The van der Waals surface area contributed by atoms with Gasteiger partial charge in [-0.05, 0) is 65.2 Å². The van der Waals surface area contributed by atoms with Crippen LogP contribution in [0.25, 0.3) is 0 Å². The van der Waals surface area contributed by atoms with Crippen molar-refractivity contribution in [1.82, 2.24) is 0 Å². The van der Waals surface area contributed by atoms with Crippen molar-refractivity contribution >= 4 is 17.7 Å². The molecule has 0 aliphatic carbocycles. The highest BCUT2D eigenvalue weighted by Crippen LogP contribution is 2.25. The zero-order chi connectivity index (χ0) is 23.7. The van der Waals surface area contributed by atoms with Crippen molar-refractivity contribution in [2.24, 2.45) is 5.92 Å². The second-order valence-electron chi connectivity index (χ2n) is 8.09. The summed E-state index contributed by atoms with van der Waals surface area (Å²) in [5.74, 6) is -0.550. The number of halogens is 3. The molecular formula is C23H39F3O5. The molecule has 0 saturated heterocycles. The Labute approximate surface area is 184 Å². The molecule has 0 aromatic heterocycles. The van der Waals surface area contributed by atoms with E-state index in [2.05, 4.69) is 0 Å². The molecule has 0 spiro atoms. The van der Waals surface area contributed by atoms with Crippen molar-refractivity contribution in [2.75, 3.05) is 6.61 Å². The summed E-state index contributed by atoms with van der Waals surface area (Å²) >= 11 is 0. The van der Waals surface area contributed by atoms with Gasteiger partial charge in [0.2, 0.25) is 0 Å². The van der Waals surface area contributed by atoms with Crippen LogP contribution in [0, 0.1) is 5.92 Å². The summed E-state index contributed by atoms with van der Waals surface area (Å²) < 4.78 is 46.9. The first-order valence-electron chi connectivity index (χ1n) is 11.4. The van der Waals surface area contributed by atoms with Crippen LogP contribution in [0.4, 0.5) is 13.2 Å². The van der Waals surface area contributed by atoms with Gasteiger partial charge in [-0.15, -0.1) is 0 Å². The highest BCUT2D eigenvalue weighted by Gasteiger charge is 2.26. The second-order valence-corrected chi connectivity index (χ2v) is 8.09. The third-order valence-electron chi connectivity index (χ3n) is 5.21. The Balaban J connectivity index is 4.17. The maximum Gasteiger partial charge on any atom is 0.389 e. The topological polar surface area (TPSA) is 69.7 Å². The van der Waals surface area contributed by atoms with Gasteiger partial charge in [-0.2, -0.15) is 13.2 Å². The van der Waals surface area contributed by atoms with E-state index in [1.165, 1.54) is 6.92 Å². The predicted molar refractivity (Wildman–Crippen MR) is 112 cm³/mol. The Morgan fingerprint density at radius 3 is 1.97 bits per heavy atom.